The lowest BCUT2D eigenvalue weighted by Crippen LogP contribution is -2.19. The molecule has 7 nitrogen and oxygen atoms in total. The van der Waals surface area contributed by atoms with Gasteiger partial charge in [0.15, 0.2) is 0 Å². The van der Waals surface area contributed by atoms with Crippen molar-refractivity contribution in [2.75, 3.05) is 44.6 Å². The Kier molecular flexibility index (Phi) is 7.10. The fraction of sp³-hybridized carbons (Fsp3) is 0.391. The molecule has 0 saturated heterocycles. The maximum Gasteiger partial charge on any atom is 0.338 e. The van der Waals surface area contributed by atoms with Crippen molar-refractivity contribution in [3.63, 3.8) is 0 Å². The molecular formula is C23H30N2O5. The molecule has 0 aliphatic carbocycles. The average molecular weight is 415 g/mol. The Morgan fingerprint density at radius 1 is 0.833 bits per heavy atom. The van der Waals surface area contributed by atoms with E-state index in [1.807, 2.05) is 19.1 Å². The van der Waals surface area contributed by atoms with E-state index in [0.717, 1.165) is 0 Å². The molecule has 0 aliphatic heterocycles. The van der Waals surface area contributed by atoms with Crippen LogP contribution in [-0.2, 0) is 4.74 Å². The van der Waals surface area contributed by atoms with Crippen LogP contribution in [0.1, 0.15) is 56.0 Å². The van der Waals surface area contributed by atoms with E-state index >= 15 is 0 Å². The van der Waals surface area contributed by atoms with Crippen LogP contribution in [0.25, 0.3) is 0 Å². The van der Waals surface area contributed by atoms with E-state index in [1.54, 1.807) is 64.0 Å². The lowest BCUT2D eigenvalue weighted by Gasteiger charge is -2.27. The maximum absolute atomic E-state index is 12.0. The number of ether oxygens (including phenoxy) is 1. The SMILES string of the molecule is CCOC(c1ccc(N(C)C)c(C(=O)O)c1C)c1ccc(N(C)C)c(C(=O)O)c1C. The van der Waals surface area contributed by atoms with Crippen LogP contribution in [0.4, 0.5) is 11.4 Å². The Labute approximate surface area is 177 Å². The summed E-state index contributed by atoms with van der Waals surface area (Å²) >= 11 is 0. The van der Waals surface area contributed by atoms with Gasteiger partial charge < -0.3 is 24.7 Å². The van der Waals surface area contributed by atoms with Gasteiger partial charge >= 0.3 is 11.9 Å². The molecule has 0 unspecified atom stereocenters. The van der Waals surface area contributed by atoms with E-state index in [9.17, 15) is 19.8 Å². The van der Waals surface area contributed by atoms with Crippen molar-refractivity contribution in [3.8, 4) is 0 Å². The third kappa shape index (κ3) is 4.26. The van der Waals surface area contributed by atoms with Crippen molar-refractivity contribution in [1.29, 1.82) is 0 Å². The fourth-order valence-corrected chi connectivity index (χ4v) is 3.79. The largest absolute Gasteiger partial charge is 0.478 e. The Morgan fingerprint density at radius 3 is 1.47 bits per heavy atom. The van der Waals surface area contributed by atoms with Crippen LogP contribution < -0.4 is 9.80 Å². The van der Waals surface area contributed by atoms with E-state index in [1.165, 1.54) is 0 Å². The van der Waals surface area contributed by atoms with Crippen molar-refractivity contribution in [3.05, 3.63) is 57.6 Å². The highest BCUT2D eigenvalue weighted by molar-refractivity contribution is 5.97. The minimum Gasteiger partial charge on any atom is -0.478 e. The summed E-state index contributed by atoms with van der Waals surface area (Å²) in [6, 6.07) is 7.24. The molecule has 0 fully saturated rings. The van der Waals surface area contributed by atoms with Crippen LogP contribution in [0.3, 0.4) is 0 Å². The van der Waals surface area contributed by atoms with Crippen LogP contribution in [-0.4, -0.2) is 56.9 Å². The summed E-state index contributed by atoms with van der Waals surface area (Å²) < 4.78 is 6.03. The van der Waals surface area contributed by atoms with Crippen molar-refractivity contribution < 1.29 is 24.5 Å². The van der Waals surface area contributed by atoms with Gasteiger partial charge in [-0.1, -0.05) is 12.1 Å². The third-order valence-corrected chi connectivity index (χ3v) is 5.26. The number of benzene rings is 2. The zero-order chi connectivity index (χ0) is 22.7. The number of rotatable bonds is 8. The van der Waals surface area contributed by atoms with Gasteiger partial charge in [0.25, 0.3) is 0 Å². The smallest absolute Gasteiger partial charge is 0.338 e. The van der Waals surface area contributed by atoms with Gasteiger partial charge in [0.05, 0.1) is 22.5 Å². The first-order chi connectivity index (χ1) is 14.0. The summed E-state index contributed by atoms with van der Waals surface area (Å²) in [6.07, 6.45) is -0.585. The van der Waals surface area contributed by atoms with Crippen LogP contribution in [0.15, 0.2) is 24.3 Å². The van der Waals surface area contributed by atoms with Gasteiger partial charge in [-0.15, -0.1) is 0 Å². The predicted molar refractivity (Wildman–Crippen MR) is 118 cm³/mol. The molecule has 7 heteroatoms. The van der Waals surface area contributed by atoms with Crippen LogP contribution in [0.2, 0.25) is 0 Å². The van der Waals surface area contributed by atoms with Gasteiger partial charge in [-0.05, 0) is 55.2 Å². The molecule has 0 radical (unpaired) electrons. The minimum absolute atomic E-state index is 0.211. The number of carboxylic acids is 2. The second-order valence-electron chi connectivity index (χ2n) is 7.58. The van der Waals surface area contributed by atoms with E-state index in [-0.39, 0.29) is 11.1 Å². The number of hydrogen-bond acceptors (Lipinski definition) is 5. The molecule has 0 spiro atoms. The van der Waals surface area contributed by atoms with E-state index in [4.69, 9.17) is 4.74 Å². The molecule has 0 heterocycles. The molecule has 2 aromatic carbocycles. The Balaban J connectivity index is 2.79. The lowest BCUT2D eigenvalue weighted by molar-refractivity contribution is 0.0686. The number of carbonyl (C=O) groups is 2. The number of carboxylic acid groups (broad SMARTS) is 2. The Hall–Kier alpha value is -3.06. The summed E-state index contributed by atoms with van der Waals surface area (Å²) in [7, 11) is 7.18. The van der Waals surface area contributed by atoms with Gasteiger partial charge in [0.1, 0.15) is 6.10 Å². The molecule has 2 N–H and O–H groups in total. The van der Waals surface area contributed by atoms with Crippen LogP contribution in [0.5, 0.6) is 0 Å². The molecule has 2 aromatic rings. The maximum atomic E-state index is 12.0. The molecule has 0 saturated carbocycles. The number of anilines is 2. The Morgan fingerprint density at radius 2 is 1.20 bits per heavy atom. The number of nitrogens with zero attached hydrogens (tertiary/aromatic N) is 2. The average Bonchev–Trinajstić information content (AvgIpc) is 2.65. The third-order valence-electron chi connectivity index (χ3n) is 5.26. The number of aromatic carboxylic acids is 2. The lowest BCUT2D eigenvalue weighted by atomic mass is 9.88. The normalized spacial score (nSPS) is 10.9. The van der Waals surface area contributed by atoms with Crippen molar-refractivity contribution in [2.24, 2.45) is 0 Å². The molecule has 0 aromatic heterocycles. The topological polar surface area (TPSA) is 90.3 Å². The van der Waals surface area contributed by atoms with Crippen LogP contribution >= 0.6 is 0 Å². The highest BCUT2D eigenvalue weighted by Gasteiger charge is 2.27. The molecule has 0 bridgehead atoms. The predicted octanol–water partition coefficient (Wildman–Crippen LogP) is 3.96. The van der Waals surface area contributed by atoms with Gasteiger partial charge in [-0.3, -0.25) is 0 Å². The van der Waals surface area contributed by atoms with Gasteiger partial charge in [0, 0.05) is 34.8 Å². The summed E-state index contributed by atoms with van der Waals surface area (Å²) in [5, 5.41) is 19.6. The fourth-order valence-electron chi connectivity index (χ4n) is 3.79. The molecule has 0 atom stereocenters. The first-order valence-corrected chi connectivity index (χ1v) is 9.72. The summed E-state index contributed by atoms with van der Waals surface area (Å²) in [5.41, 5.74) is 4.23. The van der Waals surface area contributed by atoms with E-state index in [0.29, 0.717) is 40.2 Å². The summed E-state index contributed by atoms with van der Waals surface area (Å²) in [6.45, 7) is 5.77. The minimum atomic E-state index is -1.01. The molecule has 0 aliphatic rings. The van der Waals surface area contributed by atoms with Gasteiger partial charge in [-0.25, -0.2) is 9.59 Å². The van der Waals surface area contributed by atoms with E-state index < -0.39 is 18.0 Å². The van der Waals surface area contributed by atoms with Crippen molar-refractivity contribution in [1.82, 2.24) is 0 Å². The molecule has 30 heavy (non-hydrogen) atoms. The second kappa shape index (κ2) is 9.17. The summed E-state index contributed by atoms with van der Waals surface area (Å²) in [4.78, 5) is 27.5. The Bertz CT molecular complexity index is 891. The first-order valence-electron chi connectivity index (χ1n) is 9.72. The highest BCUT2D eigenvalue weighted by atomic mass is 16.5. The molecule has 0 amide bonds. The van der Waals surface area contributed by atoms with Crippen molar-refractivity contribution >= 4 is 23.3 Å². The quantitative estimate of drug-likeness (QED) is 0.676. The van der Waals surface area contributed by atoms with Crippen LogP contribution in [0, 0.1) is 13.8 Å². The molecular weight excluding hydrogens is 384 g/mol. The molecule has 2 rings (SSSR count). The standard InChI is InChI=1S/C23H30N2O5/c1-8-30-21(15-9-11-17(24(4)5)19(13(15)2)22(26)27)16-10-12-18(25(6)7)20(14(16)3)23(28)29/h9-12,21H,8H2,1-7H3,(H,26,27)(H,28,29). The zero-order valence-electron chi connectivity index (χ0n) is 18.6. The molecule has 162 valence electrons. The highest BCUT2D eigenvalue weighted by Crippen LogP contribution is 2.37. The zero-order valence-corrected chi connectivity index (χ0v) is 18.6. The van der Waals surface area contributed by atoms with Crippen molar-refractivity contribution in [2.45, 2.75) is 26.9 Å². The second-order valence-corrected chi connectivity index (χ2v) is 7.58. The van der Waals surface area contributed by atoms with Gasteiger partial charge in [-0.2, -0.15) is 0 Å². The number of hydrogen-bond donors (Lipinski definition) is 2. The first kappa shape index (κ1) is 23.2. The monoisotopic (exact) mass is 414 g/mol. The van der Waals surface area contributed by atoms with E-state index in [2.05, 4.69) is 0 Å². The van der Waals surface area contributed by atoms with Gasteiger partial charge in [0.2, 0.25) is 0 Å². The summed E-state index contributed by atoms with van der Waals surface area (Å²) in [5.74, 6) is -2.03.